The van der Waals surface area contributed by atoms with Gasteiger partial charge in [0.2, 0.25) is 0 Å². The number of benzene rings is 1. The highest BCUT2D eigenvalue weighted by Crippen LogP contribution is 2.28. The van der Waals surface area contributed by atoms with Crippen molar-refractivity contribution in [2.45, 2.75) is 52.0 Å². The minimum atomic E-state index is -0.153. The maximum absolute atomic E-state index is 12.9. The van der Waals surface area contributed by atoms with Crippen LogP contribution in [0.5, 0.6) is 0 Å². The summed E-state index contributed by atoms with van der Waals surface area (Å²) in [5, 5.41) is 3.67. The van der Waals surface area contributed by atoms with Gasteiger partial charge in [0.25, 0.3) is 0 Å². The summed E-state index contributed by atoms with van der Waals surface area (Å²) >= 11 is 0. The first kappa shape index (κ1) is 14.5. The van der Waals surface area contributed by atoms with E-state index in [4.69, 9.17) is 0 Å². The fourth-order valence-corrected chi connectivity index (χ4v) is 3.04. The van der Waals surface area contributed by atoms with E-state index in [1.54, 1.807) is 12.1 Å². The van der Waals surface area contributed by atoms with E-state index >= 15 is 0 Å². The molecule has 1 aliphatic carbocycles. The molecule has 1 atom stereocenters. The Balaban J connectivity index is 1.84. The van der Waals surface area contributed by atoms with Gasteiger partial charge in [0, 0.05) is 6.04 Å². The predicted molar refractivity (Wildman–Crippen MR) is 78.6 cm³/mol. The smallest absolute Gasteiger partial charge is 0.123 e. The van der Waals surface area contributed by atoms with E-state index in [-0.39, 0.29) is 5.82 Å². The highest BCUT2D eigenvalue weighted by molar-refractivity contribution is 5.19. The predicted octanol–water partition coefficient (Wildman–Crippen LogP) is 4.69. The first-order valence-corrected chi connectivity index (χ1v) is 7.68. The van der Waals surface area contributed by atoms with E-state index in [9.17, 15) is 4.39 Å². The third-order valence-electron chi connectivity index (χ3n) is 4.47. The van der Waals surface area contributed by atoms with Crippen LogP contribution in [0.3, 0.4) is 0 Å². The van der Waals surface area contributed by atoms with E-state index in [0.717, 1.165) is 24.8 Å². The van der Waals surface area contributed by atoms with Crippen molar-refractivity contribution in [2.75, 3.05) is 6.54 Å². The fraction of sp³-hybridized carbons (Fsp3) is 0.647. The van der Waals surface area contributed by atoms with Crippen molar-refractivity contribution in [1.82, 2.24) is 5.32 Å². The summed E-state index contributed by atoms with van der Waals surface area (Å²) in [6.07, 6.45) is 6.51. The minimum Gasteiger partial charge on any atom is -0.310 e. The van der Waals surface area contributed by atoms with E-state index in [1.165, 1.54) is 31.2 Å². The lowest BCUT2D eigenvalue weighted by Gasteiger charge is -2.28. The average molecular weight is 263 g/mol. The summed E-state index contributed by atoms with van der Waals surface area (Å²) in [4.78, 5) is 0. The van der Waals surface area contributed by atoms with Crippen molar-refractivity contribution in [3.8, 4) is 0 Å². The molecule has 2 heteroatoms. The number of halogens is 1. The number of hydrogen-bond acceptors (Lipinski definition) is 1. The normalized spacial score (nSPS) is 25.2. The summed E-state index contributed by atoms with van der Waals surface area (Å²) in [7, 11) is 0. The third-order valence-corrected chi connectivity index (χ3v) is 4.47. The Labute approximate surface area is 116 Å². The van der Waals surface area contributed by atoms with E-state index < -0.39 is 0 Å². The van der Waals surface area contributed by atoms with Crippen molar-refractivity contribution in [3.05, 3.63) is 35.6 Å². The second-order valence-electron chi connectivity index (χ2n) is 6.05. The molecule has 0 spiro atoms. The SMILES string of the molecule is CCC(NCC1CCC(C)CC1)c1ccc(F)cc1. The lowest BCUT2D eigenvalue weighted by Crippen LogP contribution is -2.29. The molecule has 1 nitrogen and oxygen atoms in total. The van der Waals surface area contributed by atoms with E-state index in [0.29, 0.717) is 6.04 Å². The zero-order valence-corrected chi connectivity index (χ0v) is 12.2. The molecule has 0 aromatic heterocycles. The third kappa shape index (κ3) is 4.31. The Kier molecular flexibility index (Phi) is 5.38. The van der Waals surface area contributed by atoms with Crippen LogP contribution in [-0.2, 0) is 0 Å². The lowest BCUT2D eigenvalue weighted by molar-refractivity contribution is 0.273. The van der Waals surface area contributed by atoms with E-state index in [2.05, 4.69) is 19.2 Å². The van der Waals surface area contributed by atoms with Crippen LogP contribution in [0, 0.1) is 17.7 Å². The molecule has 1 aliphatic rings. The van der Waals surface area contributed by atoms with Crippen LogP contribution in [0.15, 0.2) is 24.3 Å². The van der Waals surface area contributed by atoms with Crippen molar-refractivity contribution < 1.29 is 4.39 Å². The van der Waals surface area contributed by atoms with Gasteiger partial charge in [-0.25, -0.2) is 4.39 Å². The highest BCUT2D eigenvalue weighted by Gasteiger charge is 2.19. The first-order chi connectivity index (χ1) is 9.19. The maximum Gasteiger partial charge on any atom is 0.123 e. The summed E-state index contributed by atoms with van der Waals surface area (Å²) in [5.41, 5.74) is 1.20. The average Bonchev–Trinajstić information content (AvgIpc) is 2.43. The molecule has 1 fully saturated rings. The standard InChI is InChI=1S/C17H26FN/c1-3-17(15-8-10-16(18)11-9-15)19-12-14-6-4-13(2)5-7-14/h8-11,13-14,17,19H,3-7,12H2,1-2H3. The van der Waals surface area contributed by atoms with Crippen LogP contribution in [0.25, 0.3) is 0 Å². The van der Waals surface area contributed by atoms with Gasteiger partial charge in [-0.05, 0) is 55.3 Å². The molecular formula is C17H26FN. The maximum atomic E-state index is 12.9. The minimum absolute atomic E-state index is 0.153. The van der Waals surface area contributed by atoms with Crippen LogP contribution < -0.4 is 5.32 Å². The summed E-state index contributed by atoms with van der Waals surface area (Å²) < 4.78 is 12.9. The second-order valence-corrected chi connectivity index (χ2v) is 6.05. The molecule has 0 aliphatic heterocycles. The molecule has 1 saturated carbocycles. The van der Waals surface area contributed by atoms with Gasteiger partial charge < -0.3 is 5.32 Å². The van der Waals surface area contributed by atoms with Gasteiger partial charge in [-0.15, -0.1) is 0 Å². The van der Waals surface area contributed by atoms with Gasteiger partial charge in [-0.3, -0.25) is 0 Å². The Morgan fingerprint density at radius 1 is 1.16 bits per heavy atom. The molecular weight excluding hydrogens is 237 g/mol. The van der Waals surface area contributed by atoms with Crippen molar-refractivity contribution in [3.63, 3.8) is 0 Å². The van der Waals surface area contributed by atoms with Crippen molar-refractivity contribution in [2.24, 2.45) is 11.8 Å². The zero-order chi connectivity index (χ0) is 13.7. The first-order valence-electron chi connectivity index (χ1n) is 7.68. The van der Waals surface area contributed by atoms with Crippen LogP contribution in [0.2, 0.25) is 0 Å². The molecule has 1 unspecified atom stereocenters. The van der Waals surface area contributed by atoms with Gasteiger partial charge in [-0.1, -0.05) is 38.8 Å². The van der Waals surface area contributed by atoms with Gasteiger partial charge >= 0.3 is 0 Å². The number of nitrogens with one attached hydrogen (secondary N) is 1. The lowest BCUT2D eigenvalue weighted by atomic mass is 9.83. The molecule has 0 heterocycles. The fourth-order valence-electron chi connectivity index (χ4n) is 3.04. The van der Waals surface area contributed by atoms with E-state index in [1.807, 2.05) is 12.1 Å². The molecule has 0 amide bonds. The molecule has 106 valence electrons. The molecule has 2 rings (SSSR count). The molecule has 1 aromatic carbocycles. The Bertz CT molecular complexity index is 365. The van der Waals surface area contributed by atoms with Gasteiger partial charge in [0.05, 0.1) is 0 Å². The van der Waals surface area contributed by atoms with Crippen LogP contribution >= 0.6 is 0 Å². The Morgan fingerprint density at radius 2 is 1.79 bits per heavy atom. The molecule has 19 heavy (non-hydrogen) atoms. The molecule has 1 N–H and O–H groups in total. The molecule has 0 saturated heterocycles. The van der Waals surface area contributed by atoms with Gasteiger partial charge in [0.15, 0.2) is 0 Å². The van der Waals surface area contributed by atoms with Crippen LogP contribution in [0.4, 0.5) is 4.39 Å². The van der Waals surface area contributed by atoms with Crippen LogP contribution in [0.1, 0.15) is 57.6 Å². The largest absolute Gasteiger partial charge is 0.310 e. The summed E-state index contributed by atoms with van der Waals surface area (Å²) in [5.74, 6) is 1.58. The summed E-state index contributed by atoms with van der Waals surface area (Å²) in [6.45, 7) is 5.64. The monoisotopic (exact) mass is 263 g/mol. The van der Waals surface area contributed by atoms with Gasteiger partial charge in [0.1, 0.15) is 5.82 Å². The quantitative estimate of drug-likeness (QED) is 0.812. The number of rotatable bonds is 5. The Morgan fingerprint density at radius 3 is 2.37 bits per heavy atom. The molecule has 0 bridgehead atoms. The van der Waals surface area contributed by atoms with Crippen molar-refractivity contribution >= 4 is 0 Å². The topological polar surface area (TPSA) is 12.0 Å². The van der Waals surface area contributed by atoms with Gasteiger partial charge in [-0.2, -0.15) is 0 Å². The van der Waals surface area contributed by atoms with Crippen molar-refractivity contribution in [1.29, 1.82) is 0 Å². The second kappa shape index (κ2) is 7.04. The zero-order valence-electron chi connectivity index (χ0n) is 12.2. The Hall–Kier alpha value is -0.890. The number of hydrogen-bond donors (Lipinski definition) is 1. The molecule has 1 aromatic rings. The summed E-state index contributed by atoms with van der Waals surface area (Å²) in [6, 6.07) is 7.28. The highest BCUT2D eigenvalue weighted by atomic mass is 19.1. The molecule has 0 radical (unpaired) electrons. The van der Waals surface area contributed by atoms with Crippen LogP contribution in [-0.4, -0.2) is 6.54 Å².